The Morgan fingerprint density at radius 3 is 2.57 bits per heavy atom. The van der Waals surface area contributed by atoms with Crippen molar-refractivity contribution in [2.24, 2.45) is 0 Å². The number of rotatable bonds is 5. The number of nitrogens with zero attached hydrogens (tertiary/aromatic N) is 2. The highest BCUT2D eigenvalue weighted by molar-refractivity contribution is 5.73. The summed E-state index contributed by atoms with van der Waals surface area (Å²) < 4.78 is 6.18. The Labute approximate surface area is 168 Å². The normalized spacial score (nSPS) is 18.0. The minimum Gasteiger partial charge on any atom is -0.489 e. The van der Waals surface area contributed by atoms with E-state index in [1.165, 1.54) is 6.92 Å². The number of carbonyl (C=O) groups excluding carboxylic acids is 1. The summed E-state index contributed by atoms with van der Waals surface area (Å²) in [6.07, 6.45) is 1.13. The van der Waals surface area contributed by atoms with E-state index in [4.69, 9.17) is 9.72 Å². The number of carbonyl (C=O) groups is 1. The second kappa shape index (κ2) is 8.21. The van der Waals surface area contributed by atoms with Gasteiger partial charge in [0.15, 0.2) is 0 Å². The molecule has 2 heterocycles. The molecule has 1 amide bonds. The van der Waals surface area contributed by atoms with Gasteiger partial charge in [-0.15, -0.1) is 0 Å². The van der Waals surface area contributed by atoms with Gasteiger partial charge < -0.3 is 15.0 Å². The molecule has 2 aromatic rings. The van der Waals surface area contributed by atoms with Crippen molar-refractivity contribution in [2.75, 3.05) is 18.0 Å². The molecule has 1 fully saturated rings. The summed E-state index contributed by atoms with van der Waals surface area (Å²) in [6, 6.07) is 14.2. The van der Waals surface area contributed by atoms with E-state index in [0.717, 1.165) is 42.3 Å². The molecule has 1 N–H and O–H groups in total. The Hall–Kier alpha value is -2.56. The Kier molecular flexibility index (Phi) is 5.92. The Morgan fingerprint density at radius 2 is 1.93 bits per heavy atom. The molecule has 0 aliphatic carbocycles. The fourth-order valence-electron chi connectivity index (χ4n) is 3.47. The van der Waals surface area contributed by atoms with Gasteiger partial charge in [0.2, 0.25) is 5.91 Å². The molecule has 5 heteroatoms. The molecule has 1 aliphatic rings. The van der Waals surface area contributed by atoms with Crippen molar-refractivity contribution in [3.63, 3.8) is 0 Å². The van der Waals surface area contributed by atoms with Crippen LogP contribution in [-0.4, -0.2) is 30.1 Å². The molecular weight excluding hydrogens is 350 g/mol. The maximum absolute atomic E-state index is 11.2. The van der Waals surface area contributed by atoms with Crippen LogP contribution in [0, 0.1) is 0 Å². The molecule has 0 bridgehead atoms. The molecule has 0 spiro atoms. The van der Waals surface area contributed by atoms with Crippen LogP contribution in [0.1, 0.15) is 58.3 Å². The van der Waals surface area contributed by atoms with Crippen LogP contribution >= 0.6 is 0 Å². The molecule has 0 unspecified atom stereocenters. The van der Waals surface area contributed by atoms with Crippen LogP contribution in [0.4, 0.5) is 5.82 Å². The zero-order valence-electron chi connectivity index (χ0n) is 17.5. The average molecular weight is 382 g/mol. The lowest BCUT2D eigenvalue weighted by molar-refractivity contribution is -0.119. The van der Waals surface area contributed by atoms with Crippen molar-refractivity contribution >= 4 is 11.7 Å². The van der Waals surface area contributed by atoms with Crippen molar-refractivity contribution in [3.8, 4) is 5.75 Å². The largest absolute Gasteiger partial charge is 0.489 e. The summed E-state index contributed by atoms with van der Waals surface area (Å²) in [5, 5.41) is 2.90. The van der Waals surface area contributed by atoms with Crippen LogP contribution in [0.5, 0.6) is 5.75 Å². The molecule has 150 valence electrons. The van der Waals surface area contributed by atoms with E-state index in [1.54, 1.807) is 0 Å². The lowest BCUT2D eigenvalue weighted by Crippen LogP contribution is -2.26. The highest BCUT2D eigenvalue weighted by atomic mass is 16.5. The Morgan fingerprint density at radius 1 is 1.21 bits per heavy atom. The molecule has 0 radical (unpaired) electrons. The van der Waals surface area contributed by atoms with Gasteiger partial charge in [-0.3, -0.25) is 4.79 Å². The second-order valence-corrected chi connectivity index (χ2v) is 8.60. The minimum absolute atomic E-state index is 0.00492. The molecule has 1 aromatic carbocycles. The lowest BCUT2D eigenvalue weighted by Gasteiger charge is -2.22. The van der Waals surface area contributed by atoms with Crippen molar-refractivity contribution in [1.29, 1.82) is 0 Å². The van der Waals surface area contributed by atoms with Crippen LogP contribution in [0.2, 0.25) is 0 Å². The highest BCUT2D eigenvalue weighted by Gasteiger charge is 2.26. The van der Waals surface area contributed by atoms with Crippen molar-refractivity contribution < 1.29 is 9.53 Å². The zero-order chi connectivity index (χ0) is 20.3. The third-order valence-electron chi connectivity index (χ3n) is 5.07. The van der Waals surface area contributed by atoms with Crippen LogP contribution < -0.4 is 15.0 Å². The first-order chi connectivity index (χ1) is 13.2. The van der Waals surface area contributed by atoms with Gasteiger partial charge in [0.05, 0.1) is 12.6 Å². The predicted molar refractivity (Wildman–Crippen MR) is 113 cm³/mol. The van der Waals surface area contributed by atoms with E-state index in [1.807, 2.05) is 31.2 Å². The van der Waals surface area contributed by atoms with Gasteiger partial charge >= 0.3 is 0 Å². The average Bonchev–Trinajstić information content (AvgIpc) is 3.10. The number of amides is 1. The fourth-order valence-corrected chi connectivity index (χ4v) is 3.47. The van der Waals surface area contributed by atoms with Crippen LogP contribution in [-0.2, 0) is 10.2 Å². The number of anilines is 1. The standard InChI is InChI=1S/C23H31N3O2/c1-16(24-17(2)27)18-9-11-19(12-10-18)28-20-13-14-26(15-20)22-8-6-7-21(25-22)23(3,4)5/h6-12,16,20H,13-15H2,1-5H3,(H,24,27)/t16-,20+/m0/s1. The van der Waals surface area contributed by atoms with Gasteiger partial charge in [0, 0.05) is 31.0 Å². The van der Waals surface area contributed by atoms with E-state index in [9.17, 15) is 4.79 Å². The number of ether oxygens (including phenoxy) is 1. The van der Waals surface area contributed by atoms with Gasteiger partial charge in [0.25, 0.3) is 0 Å². The molecule has 3 rings (SSSR count). The Balaban J connectivity index is 1.60. The highest BCUT2D eigenvalue weighted by Crippen LogP contribution is 2.26. The second-order valence-electron chi connectivity index (χ2n) is 8.60. The molecule has 1 saturated heterocycles. The minimum atomic E-state index is -0.0250. The van der Waals surface area contributed by atoms with Crippen molar-refractivity contribution in [3.05, 3.63) is 53.7 Å². The molecule has 0 saturated carbocycles. The first-order valence-corrected chi connectivity index (χ1v) is 9.98. The molecule has 2 atom stereocenters. The van der Waals surface area contributed by atoms with Crippen molar-refractivity contribution in [1.82, 2.24) is 10.3 Å². The number of nitrogens with one attached hydrogen (secondary N) is 1. The van der Waals surface area contributed by atoms with E-state index >= 15 is 0 Å². The first-order valence-electron chi connectivity index (χ1n) is 9.98. The van der Waals surface area contributed by atoms with E-state index < -0.39 is 0 Å². The first kappa shape index (κ1) is 20.2. The maximum Gasteiger partial charge on any atom is 0.217 e. The Bertz CT molecular complexity index is 811. The number of aromatic nitrogens is 1. The SMILES string of the molecule is CC(=O)N[C@@H](C)c1ccc(O[C@@H]2CCN(c3cccc(C(C)(C)C)n3)C2)cc1. The summed E-state index contributed by atoms with van der Waals surface area (Å²) in [4.78, 5) is 18.4. The predicted octanol–water partition coefficient (Wildman–Crippen LogP) is 4.23. The van der Waals surface area contributed by atoms with E-state index in [-0.39, 0.29) is 23.5 Å². The zero-order valence-corrected chi connectivity index (χ0v) is 17.5. The van der Waals surface area contributed by atoms with Gasteiger partial charge in [-0.1, -0.05) is 39.0 Å². The van der Waals surface area contributed by atoms with E-state index in [0.29, 0.717) is 0 Å². The fraction of sp³-hybridized carbons (Fsp3) is 0.478. The van der Waals surface area contributed by atoms with Crippen LogP contribution in [0.25, 0.3) is 0 Å². The number of benzene rings is 1. The van der Waals surface area contributed by atoms with Gasteiger partial charge in [-0.05, 0) is 36.8 Å². The van der Waals surface area contributed by atoms with Crippen molar-refractivity contribution in [2.45, 2.75) is 58.6 Å². The topological polar surface area (TPSA) is 54.5 Å². The van der Waals surface area contributed by atoms with Gasteiger partial charge in [-0.25, -0.2) is 4.98 Å². The molecule has 28 heavy (non-hydrogen) atoms. The third-order valence-corrected chi connectivity index (χ3v) is 5.07. The quantitative estimate of drug-likeness (QED) is 0.842. The smallest absolute Gasteiger partial charge is 0.217 e. The van der Waals surface area contributed by atoms with Crippen LogP contribution in [0.15, 0.2) is 42.5 Å². The third kappa shape index (κ3) is 5.03. The molecule has 1 aliphatic heterocycles. The van der Waals surface area contributed by atoms with Gasteiger partial charge in [0.1, 0.15) is 17.7 Å². The van der Waals surface area contributed by atoms with E-state index in [2.05, 4.69) is 49.2 Å². The summed E-state index contributed by atoms with van der Waals surface area (Å²) in [5.74, 6) is 1.86. The molecule has 5 nitrogen and oxygen atoms in total. The molecule has 1 aromatic heterocycles. The number of pyridine rings is 1. The monoisotopic (exact) mass is 381 g/mol. The number of hydrogen-bond acceptors (Lipinski definition) is 4. The molecular formula is C23H31N3O2. The summed E-state index contributed by atoms with van der Waals surface area (Å²) in [6.45, 7) is 11.9. The van der Waals surface area contributed by atoms with Gasteiger partial charge in [-0.2, -0.15) is 0 Å². The van der Waals surface area contributed by atoms with Crippen LogP contribution in [0.3, 0.4) is 0 Å². The maximum atomic E-state index is 11.2. The lowest BCUT2D eigenvalue weighted by atomic mass is 9.92. The summed E-state index contributed by atoms with van der Waals surface area (Å²) in [7, 11) is 0. The number of hydrogen-bond donors (Lipinski definition) is 1. The summed E-state index contributed by atoms with van der Waals surface area (Å²) in [5.41, 5.74) is 2.22. The summed E-state index contributed by atoms with van der Waals surface area (Å²) >= 11 is 0.